The summed E-state index contributed by atoms with van der Waals surface area (Å²) < 4.78 is 5.49. The Labute approximate surface area is 131 Å². The lowest BCUT2D eigenvalue weighted by molar-refractivity contribution is -0.123. The highest BCUT2D eigenvalue weighted by Gasteiger charge is 2.22. The average molecular weight is 306 g/mol. The molecule has 21 heavy (non-hydrogen) atoms. The molecule has 0 heterocycles. The van der Waals surface area contributed by atoms with Gasteiger partial charge in [-0.3, -0.25) is 4.79 Å². The van der Waals surface area contributed by atoms with Crippen LogP contribution in [0, 0.1) is 11.8 Å². The van der Waals surface area contributed by atoms with Gasteiger partial charge in [-0.15, -0.1) is 0 Å². The summed E-state index contributed by atoms with van der Waals surface area (Å²) in [5.41, 5.74) is 6.75. The van der Waals surface area contributed by atoms with E-state index >= 15 is 0 Å². The van der Waals surface area contributed by atoms with Crippen LogP contribution in [0.15, 0.2) is 30.3 Å². The molecule has 3 N–H and O–H groups in total. The van der Waals surface area contributed by atoms with Gasteiger partial charge in [-0.2, -0.15) is 0 Å². The zero-order valence-electron chi connectivity index (χ0n) is 12.1. The van der Waals surface area contributed by atoms with Crippen LogP contribution in [0.2, 0.25) is 0 Å². The fourth-order valence-electron chi connectivity index (χ4n) is 2.08. The smallest absolute Gasteiger partial charge is 0.230 e. The molecule has 0 radical (unpaired) electrons. The van der Waals surface area contributed by atoms with E-state index in [-0.39, 0.29) is 10.9 Å². The average Bonchev–Trinajstić information content (AvgIpc) is 3.29. The van der Waals surface area contributed by atoms with Crippen molar-refractivity contribution in [2.24, 2.45) is 17.6 Å². The molecule has 1 aliphatic rings. The second-order valence-corrected chi connectivity index (χ2v) is 5.93. The van der Waals surface area contributed by atoms with Gasteiger partial charge in [-0.05, 0) is 30.7 Å². The van der Waals surface area contributed by atoms with Crippen molar-refractivity contribution in [2.75, 3.05) is 19.8 Å². The summed E-state index contributed by atoms with van der Waals surface area (Å²) in [4.78, 5) is 12.4. The largest absolute Gasteiger partial charge is 0.393 e. The molecule has 1 saturated carbocycles. The van der Waals surface area contributed by atoms with Crippen LogP contribution < -0.4 is 11.1 Å². The van der Waals surface area contributed by atoms with Crippen LogP contribution in [0.25, 0.3) is 0 Å². The highest BCUT2D eigenvalue weighted by atomic mass is 32.1. The number of ether oxygens (including phenoxy) is 1. The van der Waals surface area contributed by atoms with E-state index in [2.05, 4.69) is 5.32 Å². The highest BCUT2D eigenvalue weighted by molar-refractivity contribution is 7.80. The number of amides is 1. The number of benzene rings is 1. The number of carbonyl (C=O) groups is 1. The number of carbonyl (C=O) groups excluding carboxylic acids is 1. The Morgan fingerprint density at radius 3 is 2.71 bits per heavy atom. The molecule has 1 aromatic rings. The van der Waals surface area contributed by atoms with Crippen LogP contribution in [0.4, 0.5) is 0 Å². The molecule has 0 aliphatic heterocycles. The normalized spacial score (nSPS) is 15.4. The molecule has 1 fully saturated rings. The minimum atomic E-state index is -0.467. The minimum Gasteiger partial charge on any atom is -0.393 e. The van der Waals surface area contributed by atoms with Gasteiger partial charge < -0.3 is 15.8 Å². The van der Waals surface area contributed by atoms with E-state index in [0.717, 1.165) is 18.1 Å². The van der Waals surface area contributed by atoms with Crippen molar-refractivity contribution in [2.45, 2.75) is 19.3 Å². The first-order valence-electron chi connectivity index (χ1n) is 7.35. The van der Waals surface area contributed by atoms with Crippen molar-refractivity contribution in [1.29, 1.82) is 0 Å². The Kier molecular flexibility index (Phi) is 6.14. The van der Waals surface area contributed by atoms with E-state index in [4.69, 9.17) is 22.7 Å². The van der Waals surface area contributed by atoms with Crippen LogP contribution in [0.5, 0.6) is 0 Å². The molecule has 0 saturated heterocycles. The quantitative estimate of drug-likeness (QED) is 0.538. The van der Waals surface area contributed by atoms with Gasteiger partial charge in [0.05, 0.1) is 17.5 Å². The van der Waals surface area contributed by atoms with E-state index in [1.165, 1.54) is 12.8 Å². The Morgan fingerprint density at radius 1 is 1.38 bits per heavy atom. The number of nitrogens with one attached hydrogen (secondary N) is 1. The SMILES string of the molecule is NC(=S)C(Cc1ccccc1)C(=O)NCCOCC1CC1. The third-order valence-corrected chi connectivity index (χ3v) is 3.82. The maximum absolute atomic E-state index is 12.2. The van der Waals surface area contributed by atoms with Crippen molar-refractivity contribution >= 4 is 23.1 Å². The summed E-state index contributed by atoms with van der Waals surface area (Å²) >= 11 is 5.02. The number of nitrogens with two attached hydrogens (primary N) is 1. The zero-order chi connectivity index (χ0) is 15.1. The Morgan fingerprint density at radius 2 is 2.10 bits per heavy atom. The van der Waals surface area contributed by atoms with Crippen LogP contribution >= 0.6 is 12.2 Å². The lowest BCUT2D eigenvalue weighted by Crippen LogP contribution is -2.40. The Hall–Kier alpha value is -1.46. The van der Waals surface area contributed by atoms with E-state index in [9.17, 15) is 4.79 Å². The molecular weight excluding hydrogens is 284 g/mol. The molecule has 1 aliphatic carbocycles. The zero-order valence-corrected chi connectivity index (χ0v) is 12.9. The lowest BCUT2D eigenvalue weighted by Gasteiger charge is -2.15. The Bertz CT molecular complexity index is 474. The minimum absolute atomic E-state index is 0.124. The van der Waals surface area contributed by atoms with Gasteiger partial charge in [0.1, 0.15) is 0 Å². The third-order valence-electron chi connectivity index (χ3n) is 3.54. The van der Waals surface area contributed by atoms with E-state index in [1.807, 2.05) is 30.3 Å². The molecule has 0 spiro atoms. The maximum Gasteiger partial charge on any atom is 0.230 e. The standard InChI is InChI=1S/C16H22N2O2S/c17-15(21)14(10-12-4-2-1-3-5-12)16(19)18-8-9-20-11-13-6-7-13/h1-5,13-14H,6-11H2,(H2,17,21)(H,18,19). The highest BCUT2D eigenvalue weighted by Crippen LogP contribution is 2.28. The Balaban J connectivity index is 1.74. The number of hydrogen-bond donors (Lipinski definition) is 2. The first-order chi connectivity index (χ1) is 10.2. The van der Waals surface area contributed by atoms with Crippen LogP contribution in [0.3, 0.4) is 0 Å². The summed E-state index contributed by atoms with van der Waals surface area (Å²) in [5.74, 6) is 0.148. The molecule has 114 valence electrons. The second kappa shape index (κ2) is 8.10. The van der Waals surface area contributed by atoms with Crippen LogP contribution in [-0.4, -0.2) is 30.7 Å². The molecule has 5 heteroatoms. The molecule has 0 bridgehead atoms. The summed E-state index contributed by atoms with van der Waals surface area (Å²) in [7, 11) is 0. The van der Waals surface area contributed by atoms with Crippen LogP contribution in [0.1, 0.15) is 18.4 Å². The summed E-state index contributed by atoms with van der Waals surface area (Å²) in [6, 6.07) is 9.76. The topological polar surface area (TPSA) is 64.4 Å². The molecular formula is C16H22N2O2S. The summed E-state index contributed by atoms with van der Waals surface area (Å²) in [6.45, 7) is 1.84. The van der Waals surface area contributed by atoms with E-state index in [0.29, 0.717) is 19.6 Å². The first kappa shape index (κ1) is 15.9. The second-order valence-electron chi connectivity index (χ2n) is 5.45. The molecule has 0 aromatic heterocycles. The summed E-state index contributed by atoms with van der Waals surface area (Å²) in [6.07, 6.45) is 3.07. The molecule has 1 aromatic carbocycles. The van der Waals surface area contributed by atoms with Crippen molar-refractivity contribution < 1.29 is 9.53 Å². The molecule has 1 unspecified atom stereocenters. The van der Waals surface area contributed by atoms with Gasteiger partial charge >= 0.3 is 0 Å². The maximum atomic E-state index is 12.2. The van der Waals surface area contributed by atoms with Gasteiger partial charge in [0.2, 0.25) is 5.91 Å². The van der Waals surface area contributed by atoms with Gasteiger partial charge in [0.25, 0.3) is 0 Å². The molecule has 2 rings (SSSR count). The van der Waals surface area contributed by atoms with Crippen LogP contribution in [-0.2, 0) is 16.0 Å². The lowest BCUT2D eigenvalue weighted by atomic mass is 9.98. The fraction of sp³-hybridized carbons (Fsp3) is 0.500. The van der Waals surface area contributed by atoms with Crippen molar-refractivity contribution in [3.63, 3.8) is 0 Å². The molecule has 4 nitrogen and oxygen atoms in total. The van der Waals surface area contributed by atoms with Gasteiger partial charge in [-0.25, -0.2) is 0 Å². The van der Waals surface area contributed by atoms with E-state index < -0.39 is 5.92 Å². The predicted molar refractivity (Wildman–Crippen MR) is 87.0 cm³/mol. The monoisotopic (exact) mass is 306 g/mol. The van der Waals surface area contributed by atoms with E-state index in [1.54, 1.807) is 0 Å². The number of rotatable bonds is 9. The number of hydrogen-bond acceptors (Lipinski definition) is 3. The predicted octanol–water partition coefficient (Wildman–Crippen LogP) is 1.67. The number of thiocarbonyl (C=S) groups is 1. The fourth-order valence-corrected chi connectivity index (χ4v) is 2.27. The van der Waals surface area contributed by atoms with Crippen molar-refractivity contribution in [3.05, 3.63) is 35.9 Å². The van der Waals surface area contributed by atoms with Crippen molar-refractivity contribution in [1.82, 2.24) is 5.32 Å². The van der Waals surface area contributed by atoms with Gasteiger partial charge in [-0.1, -0.05) is 42.5 Å². The third kappa shape index (κ3) is 5.81. The van der Waals surface area contributed by atoms with Crippen molar-refractivity contribution in [3.8, 4) is 0 Å². The molecule has 1 amide bonds. The summed E-state index contributed by atoms with van der Waals surface area (Å²) in [5, 5.41) is 2.85. The van der Waals surface area contributed by atoms with Gasteiger partial charge in [0, 0.05) is 13.2 Å². The van der Waals surface area contributed by atoms with Gasteiger partial charge in [0.15, 0.2) is 0 Å². The molecule has 1 atom stereocenters. The first-order valence-corrected chi connectivity index (χ1v) is 7.76.